The Morgan fingerprint density at radius 3 is 2.71 bits per heavy atom. The molecule has 1 amide bonds. The summed E-state index contributed by atoms with van der Waals surface area (Å²) in [5, 5.41) is 14.3. The molecule has 3 rings (SSSR count). The van der Waals surface area contributed by atoms with Crippen LogP contribution in [0.25, 0.3) is 0 Å². The molecule has 0 aliphatic rings. The molecule has 10 heteroatoms. The van der Waals surface area contributed by atoms with Gasteiger partial charge < -0.3 is 14.6 Å². The van der Waals surface area contributed by atoms with Gasteiger partial charge >= 0.3 is 5.97 Å². The molecule has 0 spiro atoms. The quantitative estimate of drug-likeness (QED) is 0.347. The fraction of sp³-hybridized carbons (Fsp3) is 0.381. The van der Waals surface area contributed by atoms with Crippen LogP contribution in [0.5, 0.6) is 0 Å². The molecule has 0 fully saturated rings. The molecule has 0 aliphatic heterocycles. The molecule has 0 saturated carbocycles. The molecule has 0 unspecified atom stereocenters. The third-order valence-electron chi connectivity index (χ3n) is 4.35. The first-order valence-electron chi connectivity index (χ1n) is 10.1. The molecule has 2 heterocycles. The third-order valence-corrected chi connectivity index (χ3v) is 6.12. The summed E-state index contributed by atoms with van der Waals surface area (Å²) in [6.07, 6.45) is 1.78. The molecule has 3 aromatic rings. The largest absolute Gasteiger partial charge is 0.466 e. The number of nitrogens with zero attached hydrogens (tertiary/aromatic N) is 4. The Morgan fingerprint density at radius 1 is 1.16 bits per heavy atom. The Kier molecular flexibility index (Phi) is 8.60. The summed E-state index contributed by atoms with van der Waals surface area (Å²) in [5.41, 5.74) is 1.84. The van der Waals surface area contributed by atoms with Gasteiger partial charge in [0.05, 0.1) is 24.5 Å². The Hall–Kier alpha value is -2.72. The van der Waals surface area contributed by atoms with Crippen molar-refractivity contribution in [2.24, 2.45) is 0 Å². The van der Waals surface area contributed by atoms with Crippen molar-refractivity contribution in [2.45, 2.75) is 44.8 Å². The van der Waals surface area contributed by atoms with Crippen LogP contribution in [0.3, 0.4) is 0 Å². The summed E-state index contributed by atoms with van der Waals surface area (Å²) in [6, 6.07) is 10.3. The van der Waals surface area contributed by atoms with E-state index in [-0.39, 0.29) is 24.1 Å². The lowest BCUT2D eigenvalue weighted by molar-refractivity contribution is -0.142. The molecule has 164 valence electrons. The van der Waals surface area contributed by atoms with Gasteiger partial charge in [-0.15, -0.1) is 21.5 Å². The lowest BCUT2D eigenvalue weighted by Crippen LogP contribution is -2.15. The number of ether oxygens (including phenoxy) is 1. The van der Waals surface area contributed by atoms with E-state index >= 15 is 0 Å². The number of hydrogen-bond donors (Lipinski definition) is 1. The Morgan fingerprint density at radius 2 is 1.97 bits per heavy atom. The zero-order valence-corrected chi connectivity index (χ0v) is 19.2. The molecule has 0 bridgehead atoms. The molecule has 1 N–H and O–H groups in total. The average Bonchev–Trinajstić information content (AvgIpc) is 3.37. The molecule has 8 nitrogen and oxygen atoms in total. The van der Waals surface area contributed by atoms with Crippen LogP contribution in [0.4, 0.5) is 5.13 Å². The summed E-state index contributed by atoms with van der Waals surface area (Å²) >= 11 is 2.63. The van der Waals surface area contributed by atoms with Gasteiger partial charge in [-0.3, -0.25) is 9.59 Å². The molecule has 31 heavy (non-hydrogen) atoms. The molecule has 0 radical (unpaired) electrons. The first kappa shape index (κ1) is 23.0. The number of carbonyl (C=O) groups excluding carboxylic acids is 2. The number of aromatic nitrogens is 4. The van der Waals surface area contributed by atoms with Crippen molar-refractivity contribution in [3.63, 3.8) is 0 Å². The zero-order chi connectivity index (χ0) is 22.1. The van der Waals surface area contributed by atoms with E-state index < -0.39 is 0 Å². The standard InChI is InChI=1S/C21H25N5O3S2/c1-3-26-17(11-10-15-8-6-5-7-9-15)24-25-21(26)31-14-18(27)23-20-22-16(13-30-20)12-19(28)29-4-2/h5-9,13H,3-4,10-12,14H2,1-2H3,(H,22,23,27). The van der Waals surface area contributed by atoms with E-state index in [1.54, 1.807) is 12.3 Å². The highest BCUT2D eigenvalue weighted by atomic mass is 32.2. The SMILES string of the molecule is CCOC(=O)Cc1csc(NC(=O)CSc2nnc(CCc3ccccc3)n2CC)n1. The van der Waals surface area contributed by atoms with Gasteiger partial charge in [-0.1, -0.05) is 42.1 Å². The number of carbonyl (C=O) groups is 2. The number of benzene rings is 1. The normalized spacial score (nSPS) is 10.8. The second-order valence-corrected chi connectivity index (χ2v) is 8.39. The van der Waals surface area contributed by atoms with Crippen molar-refractivity contribution in [1.29, 1.82) is 0 Å². The van der Waals surface area contributed by atoms with Crippen LogP contribution < -0.4 is 5.32 Å². The molecule has 1 aromatic carbocycles. The minimum absolute atomic E-state index is 0.0975. The molecule has 2 aromatic heterocycles. The van der Waals surface area contributed by atoms with Crippen LogP contribution in [0.15, 0.2) is 40.9 Å². The third kappa shape index (κ3) is 6.90. The van der Waals surface area contributed by atoms with Crippen molar-refractivity contribution in [2.75, 3.05) is 17.7 Å². The number of hydrogen-bond acceptors (Lipinski definition) is 8. The number of nitrogens with one attached hydrogen (secondary N) is 1. The van der Waals surface area contributed by atoms with Crippen molar-refractivity contribution in [3.05, 3.63) is 52.8 Å². The summed E-state index contributed by atoms with van der Waals surface area (Å²) in [6.45, 7) is 4.87. The van der Waals surface area contributed by atoms with E-state index in [0.29, 0.717) is 17.4 Å². The topological polar surface area (TPSA) is 99.0 Å². The monoisotopic (exact) mass is 459 g/mol. The molecule has 0 aliphatic carbocycles. The maximum atomic E-state index is 12.3. The molecule has 0 atom stereocenters. The van der Waals surface area contributed by atoms with E-state index in [1.165, 1.54) is 28.7 Å². The van der Waals surface area contributed by atoms with E-state index in [9.17, 15) is 9.59 Å². The maximum Gasteiger partial charge on any atom is 0.311 e. The van der Waals surface area contributed by atoms with E-state index in [0.717, 1.165) is 30.4 Å². The van der Waals surface area contributed by atoms with Crippen LogP contribution in [0, 0.1) is 0 Å². The summed E-state index contributed by atoms with van der Waals surface area (Å²) < 4.78 is 6.95. The van der Waals surface area contributed by atoms with Gasteiger partial charge in [0, 0.05) is 18.3 Å². The summed E-state index contributed by atoms with van der Waals surface area (Å²) in [4.78, 5) is 28.1. The predicted octanol–water partition coefficient (Wildman–Crippen LogP) is 3.38. The summed E-state index contributed by atoms with van der Waals surface area (Å²) in [7, 11) is 0. The van der Waals surface area contributed by atoms with Gasteiger partial charge in [-0.25, -0.2) is 4.98 Å². The molecular weight excluding hydrogens is 434 g/mol. The molecule has 0 saturated heterocycles. The average molecular weight is 460 g/mol. The van der Waals surface area contributed by atoms with Gasteiger partial charge in [0.2, 0.25) is 5.91 Å². The number of anilines is 1. The van der Waals surface area contributed by atoms with Crippen LogP contribution in [0.1, 0.15) is 30.9 Å². The number of rotatable bonds is 11. The van der Waals surface area contributed by atoms with Gasteiger partial charge in [0.1, 0.15) is 5.82 Å². The van der Waals surface area contributed by atoms with Crippen molar-refractivity contribution in [1.82, 2.24) is 19.7 Å². The molecular formula is C21H25N5O3S2. The highest BCUT2D eigenvalue weighted by molar-refractivity contribution is 7.99. The smallest absolute Gasteiger partial charge is 0.311 e. The first-order chi connectivity index (χ1) is 15.1. The lowest BCUT2D eigenvalue weighted by Gasteiger charge is -2.07. The minimum atomic E-state index is -0.330. The number of thiazole rings is 1. The second kappa shape index (κ2) is 11.6. The van der Waals surface area contributed by atoms with Gasteiger partial charge in [0.15, 0.2) is 10.3 Å². The van der Waals surface area contributed by atoms with Crippen molar-refractivity contribution < 1.29 is 14.3 Å². The van der Waals surface area contributed by atoms with E-state index in [4.69, 9.17) is 4.74 Å². The zero-order valence-electron chi connectivity index (χ0n) is 17.5. The van der Waals surface area contributed by atoms with Gasteiger partial charge in [-0.05, 0) is 25.8 Å². The predicted molar refractivity (Wildman–Crippen MR) is 121 cm³/mol. The Balaban J connectivity index is 1.50. The number of aryl methyl sites for hydroxylation is 2. The Labute approximate surface area is 189 Å². The van der Waals surface area contributed by atoms with Crippen molar-refractivity contribution in [3.8, 4) is 0 Å². The number of amides is 1. The second-order valence-electron chi connectivity index (χ2n) is 6.59. The Bertz CT molecular complexity index is 1000. The van der Waals surface area contributed by atoms with E-state index in [1.807, 2.05) is 29.7 Å². The first-order valence-corrected chi connectivity index (χ1v) is 11.9. The highest BCUT2D eigenvalue weighted by Crippen LogP contribution is 2.20. The number of thioether (sulfide) groups is 1. The van der Waals surface area contributed by atoms with Crippen LogP contribution in [-0.2, 0) is 40.1 Å². The van der Waals surface area contributed by atoms with Crippen LogP contribution >= 0.6 is 23.1 Å². The van der Waals surface area contributed by atoms with Gasteiger partial charge in [0.25, 0.3) is 0 Å². The van der Waals surface area contributed by atoms with Crippen molar-refractivity contribution >= 4 is 40.1 Å². The summed E-state index contributed by atoms with van der Waals surface area (Å²) in [5.74, 6) is 0.600. The van der Waals surface area contributed by atoms with E-state index in [2.05, 4.69) is 32.6 Å². The fourth-order valence-electron chi connectivity index (χ4n) is 2.92. The highest BCUT2D eigenvalue weighted by Gasteiger charge is 2.15. The maximum absolute atomic E-state index is 12.3. The fourth-order valence-corrected chi connectivity index (χ4v) is 4.47. The minimum Gasteiger partial charge on any atom is -0.466 e. The van der Waals surface area contributed by atoms with Crippen LogP contribution in [0.2, 0.25) is 0 Å². The lowest BCUT2D eigenvalue weighted by atomic mass is 10.1. The van der Waals surface area contributed by atoms with Gasteiger partial charge in [-0.2, -0.15) is 0 Å². The number of esters is 1. The van der Waals surface area contributed by atoms with Crippen LogP contribution in [-0.4, -0.2) is 44.0 Å².